The third-order valence-electron chi connectivity index (χ3n) is 7.00. The maximum absolute atomic E-state index is 13.2. The number of carbonyl (C=O) groups excluding carboxylic acids is 2. The zero-order chi connectivity index (χ0) is 23.0. The molecule has 6 nitrogen and oxygen atoms in total. The monoisotopic (exact) mass is 448 g/mol. The maximum atomic E-state index is 13.2. The number of para-hydroxylation sites is 2. The van der Waals surface area contributed by atoms with Crippen LogP contribution in [0.2, 0.25) is 0 Å². The summed E-state index contributed by atoms with van der Waals surface area (Å²) in [7, 11) is 2.19. The van der Waals surface area contributed by atoms with Gasteiger partial charge in [0.1, 0.15) is 0 Å². The van der Waals surface area contributed by atoms with Gasteiger partial charge < -0.3 is 15.5 Å². The number of amides is 3. The van der Waals surface area contributed by atoms with E-state index in [9.17, 15) is 9.59 Å². The first-order valence-corrected chi connectivity index (χ1v) is 12.3. The van der Waals surface area contributed by atoms with Crippen molar-refractivity contribution >= 4 is 23.3 Å². The lowest BCUT2D eigenvalue weighted by molar-refractivity contribution is -0.121. The minimum atomic E-state index is -0.204. The highest BCUT2D eigenvalue weighted by Gasteiger charge is 2.29. The van der Waals surface area contributed by atoms with Crippen molar-refractivity contribution < 1.29 is 9.59 Å². The van der Waals surface area contributed by atoms with Gasteiger partial charge in [-0.25, -0.2) is 4.79 Å². The normalized spacial score (nSPS) is 19.3. The van der Waals surface area contributed by atoms with E-state index in [-0.39, 0.29) is 17.9 Å². The number of nitrogens with one attached hydrogen (secondary N) is 2. The molecule has 2 aliphatic rings. The Bertz CT molecular complexity index is 927. The highest BCUT2D eigenvalue weighted by atomic mass is 16.2. The number of anilines is 2. The van der Waals surface area contributed by atoms with Crippen molar-refractivity contribution in [2.75, 3.05) is 30.8 Å². The van der Waals surface area contributed by atoms with Crippen LogP contribution in [0, 0.1) is 5.92 Å². The van der Waals surface area contributed by atoms with Gasteiger partial charge >= 0.3 is 6.03 Å². The minimum absolute atomic E-state index is 0.0000180. The molecule has 2 N–H and O–H groups in total. The van der Waals surface area contributed by atoms with Gasteiger partial charge in [0.05, 0.1) is 5.92 Å². The number of hydrogen-bond acceptors (Lipinski definition) is 3. The molecule has 2 aromatic carbocycles. The summed E-state index contributed by atoms with van der Waals surface area (Å²) >= 11 is 0. The fourth-order valence-corrected chi connectivity index (χ4v) is 5.03. The van der Waals surface area contributed by atoms with Gasteiger partial charge in [-0.15, -0.1) is 0 Å². The minimum Gasteiger partial charge on any atom is -0.325 e. The molecular formula is C27H36N4O2. The first-order valence-electron chi connectivity index (χ1n) is 12.3. The second-order valence-electron chi connectivity index (χ2n) is 9.43. The van der Waals surface area contributed by atoms with Gasteiger partial charge in [0.15, 0.2) is 0 Å². The molecular weight excluding hydrogens is 412 g/mol. The number of nitrogens with zero attached hydrogens (tertiary/aromatic N) is 2. The lowest BCUT2D eigenvalue weighted by atomic mass is 9.94. The summed E-state index contributed by atoms with van der Waals surface area (Å²) in [6, 6.07) is 18.0. The highest BCUT2D eigenvalue weighted by Crippen LogP contribution is 2.26. The summed E-state index contributed by atoms with van der Waals surface area (Å²) in [4.78, 5) is 30.0. The van der Waals surface area contributed by atoms with E-state index in [1.165, 1.54) is 32.1 Å². The smallest absolute Gasteiger partial charge is 0.321 e. The average Bonchev–Trinajstić information content (AvgIpc) is 2.86. The Morgan fingerprint density at radius 2 is 1.64 bits per heavy atom. The third-order valence-corrected chi connectivity index (χ3v) is 7.00. The zero-order valence-electron chi connectivity index (χ0n) is 19.6. The molecule has 2 fully saturated rings. The van der Waals surface area contributed by atoms with Crippen LogP contribution in [0.5, 0.6) is 0 Å². The number of urea groups is 1. The van der Waals surface area contributed by atoms with Crippen LogP contribution in [0.25, 0.3) is 0 Å². The van der Waals surface area contributed by atoms with Crippen molar-refractivity contribution in [2.45, 2.75) is 57.5 Å². The molecule has 1 saturated carbocycles. The van der Waals surface area contributed by atoms with Crippen LogP contribution in [-0.4, -0.2) is 47.9 Å². The Kier molecular flexibility index (Phi) is 8.00. The van der Waals surface area contributed by atoms with Crippen LogP contribution >= 0.6 is 0 Å². The number of piperidine rings is 1. The van der Waals surface area contributed by atoms with E-state index >= 15 is 0 Å². The molecule has 4 rings (SSSR count). The van der Waals surface area contributed by atoms with E-state index < -0.39 is 0 Å². The van der Waals surface area contributed by atoms with Crippen molar-refractivity contribution in [3.05, 3.63) is 60.2 Å². The summed E-state index contributed by atoms with van der Waals surface area (Å²) in [5.41, 5.74) is 2.80. The van der Waals surface area contributed by atoms with E-state index in [1.54, 1.807) is 4.90 Å². The van der Waals surface area contributed by atoms with Crippen molar-refractivity contribution in [2.24, 2.45) is 5.92 Å². The summed E-state index contributed by atoms with van der Waals surface area (Å²) in [5, 5.41) is 6.11. The fourth-order valence-electron chi connectivity index (χ4n) is 5.03. The van der Waals surface area contributed by atoms with Gasteiger partial charge in [-0.1, -0.05) is 55.7 Å². The molecule has 2 aromatic rings. The van der Waals surface area contributed by atoms with E-state index in [0.717, 1.165) is 36.3 Å². The van der Waals surface area contributed by atoms with E-state index in [2.05, 4.69) is 28.6 Å². The Balaban J connectivity index is 1.35. The molecule has 3 amide bonds. The molecule has 33 heavy (non-hydrogen) atoms. The van der Waals surface area contributed by atoms with Gasteiger partial charge in [-0.3, -0.25) is 9.69 Å². The molecule has 1 aliphatic carbocycles. The molecule has 0 spiro atoms. The van der Waals surface area contributed by atoms with Crippen molar-refractivity contribution in [1.29, 1.82) is 0 Å². The molecule has 0 radical (unpaired) electrons. The highest BCUT2D eigenvalue weighted by molar-refractivity contribution is 5.94. The lowest BCUT2D eigenvalue weighted by Gasteiger charge is -2.33. The fraction of sp³-hybridized carbons (Fsp3) is 0.481. The topological polar surface area (TPSA) is 64.7 Å². The second-order valence-corrected chi connectivity index (χ2v) is 9.43. The van der Waals surface area contributed by atoms with Crippen molar-refractivity contribution in [1.82, 2.24) is 9.80 Å². The van der Waals surface area contributed by atoms with Gasteiger partial charge in [0, 0.05) is 37.1 Å². The van der Waals surface area contributed by atoms with E-state index in [0.29, 0.717) is 19.1 Å². The van der Waals surface area contributed by atoms with Crippen LogP contribution in [0.15, 0.2) is 54.6 Å². The summed E-state index contributed by atoms with van der Waals surface area (Å²) in [5.74, 6) is -0.204. The predicted octanol–water partition coefficient (Wildman–Crippen LogP) is 5.33. The standard InChI is InChI=1S/C27H36N4O2/c1-30(24-15-6-3-7-16-24)19-21-11-8-9-17-25(21)29-26(32)22-12-10-18-31(20-22)27(33)28-23-13-4-2-5-14-23/h2,4-5,8-9,11,13-14,17,22,24H,3,6-7,10,12,15-16,18-20H2,1H3,(H,28,33)(H,29,32). The summed E-state index contributed by atoms with van der Waals surface area (Å²) in [6.45, 7) is 1.94. The van der Waals surface area contributed by atoms with Crippen LogP contribution < -0.4 is 10.6 Å². The Hall–Kier alpha value is -2.86. The number of benzene rings is 2. The second kappa shape index (κ2) is 11.3. The molecule has 1 atom stereocenters. The average molecular weight is 449 g/mol. The molecule has 1 heterocycles. The SMILES string of the molecule is CN(Cc1ccccc1NC(=O)C1CCCN(C(=O)Nc2ccccc2)C1)C1CCCCC1. The van der Waals surface area contributed by atoms with Gasteiger partial charge in [0.2, 0.25) is 5.91 Å². The molecule has 1 aliphatic heterocycles. The first kappa shape index (κ1) is 23.3. The summed E-state index contributed by atoms with van der Waals surface area (Å²) in [6.07, 6.45) is 8.10. The van der Waals surface area contributed by atoms with E-state index in [4.69, 9.17) is 0 Å². The maximum Gasteiger partial charge on any atom is 0.321 e. The van der Waals surface area contributed by atoms with Gasteiger partial charge in [-0.05, 0) is 56.5 Å². The zero-order valence-corrected chi connectivity index (χ0v) is 19.6. The summed E-state index contributed by atoms with van der Waals surface area (Å²) < 4.78 is 0. The van der Waals surface area contributed by atoms with Crippen LogP contribution in [0.4, 0.5) is 16.2 Å². The molecule has 0 aromatic heterocycles. The molecule has 1 unspecified atom stereocenters. The first-order chi connectivity index (χ1) is 16.1. The van der Waals surface area contributed by atoms with Gasteiger partial charge in [-0.2, -0.15) is 0 Å². The molecule has 1 saturated heterocycles. The number of carbonyl (C=O) groups is 2. The van der Waals surface area contributed by atoms with Crippen LogP contribution in [0.3, 0.4) is 0 Å². The van der Waals surface area contributed by atoms with Crippen molar-refractivity contribution in [3.8, 4) is 0 Å². The number of likely N-dealkylation sites (tertiary alicyclic amines) is 1. The van der Waals surface area contributed by atoms with Crippen LogP contribution in [0.1, 0.15) is 50.5 Å². The van der Waals surface area contributed by atoms with Gasteiger partial charge in [0.25, 0.3) is 0 Å². The number of hydrogen-bond donors (Lipinski definition) is 2. The largest absolute Gasteiger partial charge is 0.325 e. The quantitative estimate of drug-likeness (QED) is 0.627. The van der Waals surface area contributed by atoms with E-state index in [1.807, 2.05) is 48.5 Å². The molecule has 176 valence electrons. The predicted molar refractivity (Wildman–Crippen MR) is 133 cm³/mol. The van der Waals surface area contributed by atoms with Crippen LogP contribution in [-0.2, 0) is 11.3 Å². The third kappa shape index (κ3) is 6.35. The number of rotatable bonds is 6. The molecule has 0 bridgehead atoms. The molecule has 6 heteroatoms. The lowest BCUT2D eigenvalue weighted by Crippen LogP contribution is -2.45. The Morgan fingerprint density at radius 3 is 2.42 bits per heavy atom. The van der Waals surface area contributed by atoms with Crippen molar-refractivity contribution in [3.63, 3.8) is 0 Å². The Labute approximate surface area is 197 Å². The Morgan fingerprint density at radius 1 is 0.909 bits per heavy atom.